The fraction of sp³-hybridized carbons (Fsp3) is 1.00. The molecule has 1 saturated heterocycles. The molecule has 0 aliphatic carbocycles. The largest absolute Gasteiger partial charge is 0.382 e. The summed E-state index contributed by atoms with van der Waals surface area (Å²) in [7, 11) is 4.99. The van der Waals surface area contributed by atoms with Crippen molar-refractivity contribution in [3.05, 3.63) is 0 Å². The molecule has 4 atom stereocenters. The van der Waals surface area contributed by atoms with E-state index in [1.807, 2.05) is 6.92 Å². The van der Waals surface area contributed by atoms with E-state index in [9.17, 15) is 0 Å². The van der Waals surface area contributed by atoms with Gasteiger partial charge in [0.15, 0.2) is 0 Å². The van der Waals surface area contributed by atoms with E-state index >= 15 is 0 Å². The molecule has 1 unspecified atom stereocenters. The summed E-state index contributed by atoms with van der Waals surface area (Å²) in [5.41, 5.74) is 0. The fourth-order valence-electron chi connectivity index (χ4n) is 1.82. The van der Waals surface area contributed by atoms with Crippen molar-refractivity contribution < 1.29 is 18.9 Å². The molecule has 1 aliphatic heterocycles. The first-order chi connectivity index (χ1) is 6.24. The molecule has 0 saturated carbocycles. The predicted molar refractivity (Wildman–Crippen MR) is 47.8 cm³/mol. The molecule has 1 heterocycles. The highest BCUT2D eigenvalue weighted by atomic mass is 16.6. The Balaban J connectivity index is 2.57. The second kappa shape index (κ2) is 4.91. The van der Waals surface area contributed by atoms with Crippen molar-refractivity contribution in [2.75, 3.05) is 27.9 Å². The Morgan fingerprint density at radius 3 is 2.15 bits per heavy atom. The summed E-state index contributed by atoms with van der Waals surface area (Å²) in [6, 6.07) is 0. The Bertz CT molecular complexity index is 151. The maximum absolute atomic E-state index is 5.63. The first-order valence-corrected chi connectivity index (χ1v) is 4.44. The van der Waals surface area contributed by atoms with Gasteiger partial charge >= 0.3 is 0 Å². The topological polar surface area (TPSA) is 36.9 Å². The van der Waals surface area contributed by atoms with Crippen molar-refractivity contribution in [1.29, 1.82) is 0 Å². The van der Waals surface area contributed by atoms with Crippen LogP contribution in [-0.4, -0.2) is 52.4 Å². The third-order valence-corrected chi connectivity index (χ3v) is 2.42. The van der Waals surface area contributed by atoms with Crippen molar-refractivity contribution in [2.24, 2.45) is 0 Å². The summed E-state index contributed by atoms with van der Waals surface area (Å²) in [6.07, 6.45) is 0.0233. The van der Waals surface area contributed by atoms with Gasteiger partial charge in [0.05, 0.1) is 12.7 Å². The summed E-state index contributed by atoms with van der Waals surface area (Å²) in [5.74, 6) is 0. The molecule has 1 fully saturated rings. The van der Waals surface area contributed by atoms with Gasteiger partial charge in [0.25, 0.3) is 0 Å². The third kappa shape index (κ3) is 2.20. The molecule has 1 aliphatic rings. The normalized spacial score (nSPS) is 39.7. The van der Waals surface area contributed by atoms with Crippen LogP contribution in [0.15, 0.2) is 0 Å². The smallest absolute Gasteiger partial charge is 0.114 e. The minimum Gasteiger partial charge on any atom is -0.382 e. The quantitative estimate of drug-likeness (QED) is 0.645. The molecule has 4 nitrogen and oxygen atoms in total. The van der Waals surface area contributed by atoms with Crippen LogP contribution in [0, 0.1) is 0 Å². The van der Waals surface area contributed by atoms with Crippen LogP contribution in [0.25, 0.3) is 0 Å². The highest BCUT2D eigenvalue weighted by molar-refractivity contribution is 4.90. The SMILES string of the molecule is COC[C@H]1O[C@@H](C)C(OC)[C@H]1OC. The maximum atomic E-state index is 5.63. The summed E-state index contributed by atoms with van der Waals surface area (Å²) in [5, 5.41) is 0. The van der Waals surface area contributed by atoms with E-state index in [-0.39, 0.29) is 24.4 Å². The van der Waals surface area contributed by atoms with Crippen molar-refractivity contribution in [2.45, 2.75) is 31.3 Å². The Morgan fingerprint density at radius 2 is 1.69 bits per heavy atom. The molecule has 0 aromatic heterocycles. The molecule has 0 aromatic rings. The second-order valence-corrected chi connectivity index (χ2v) is 3.24. The Kier molecular flexibility index (Phi) is 4.12. The number of ether oxygens (including phenoxy) is 4. The lowest BCUT2D eigenvalue weighted by atomic mass is 10.1. The maximum Gasteiger partial charge on any atom is 0.114 e. The van der Waals surface area contributed by atoms with Crippen LogP contribution in [-0.2, 0) is 18.9 Å². The number of rotatable bonds is 4. The lowest BCUT2D eigenvalue weighted by molar-refractivity contribution is -0.0471. The standard InChI is InChI=1S/C9H18O4/c1-6-8(11-3)9(12-4)7(13-6)5-10-2/h6-9H,5H2,1-4H3/t6-,7+,8?,9-/m0/s1. The van der Waals surface area contributed by atoms with Crippen LogP contribution in [0.1, 0.15) is 6.92 Å². The van der Waals surface area contributed by atoms with Crippen LogP contribution in [0.3, 0.4) is 0 Å². The van der Waals surface area contributed by atoms with Crippen molar-refractivity contribution in [3.8, 4) is 0 Å². The minimum atomic E-state index is -0.0278. The molecular weight excluding hydrogens is 172 g/mol. The monoisotopic (exact) mass is 190 g/mol. The van der Waals surface area contributed by atoms with Gasteiger partial charge in [-0.05, 0) is 6.92 Å². The van der Waals surface area contributed by atoms with Crippen LogP contribution < -0.4 is 0 Å². The van der Waals surface area contributed by atoms with E-state index in [0.717, 1.165) is 0 Å². The zero-order chi connectivity index (χ0) is 9.84. The number of methoxy groups -OCH3 is 3. The van der Waals surface area contributed by atoms with Gasteiger partial charge in [-0.15, -0.1) is 0 Å². The molecule has 1 rings (SSSR count). The predicted octanol–water partition coefficient (Wildman–Crippen LogP) is 0.450. The third-order valence-electron chi connectivity index (χ3n) is 2.42. The van der Waals surface area contributed by atoms with Gasteiger partial charge in [-0.25, -0.2) is 0 Å². The van der Waals surface area contributed by atoms with E-state index < -0.39 is 0 Å². The molecule has 78 valence electrons. The summed E-state index contributed by atoms with van der Waals surface area (Å²) in [4.78, 5) is 0. The lowest BCUT2D eigenvalue weighted by Crippen LogP contribution is -2.37. The minimum absolute atomic E-state index is 0.00477. The van der Waals surface area contributed by atoms with Crippen molar-refractivity contribution >= 4 is 0 Å². The Morgan fingerprint density at radius 1 is 1.08 bits per heavy atom. The average molecular weight is 190 g/mol. The highest BCUT2D eigenvalue weighted by Gasteiger charge is 2.42. The van der Waals surface area contributed by atoms with Crippen LogP contribution in [0.4, 0.5) is 0 Å². The van der Waals surface area contributed by atoms with Crippen LogP contribution in [0.5, 0.6) is 0 Å². The highest BCUT2D eigenvalue weighted by Crippen LogP contribution is 2.25. The summed E-state index contributed by atoms with van der Waals surface area (Å²) < 4.78 is 21.3. The second-order valence-electron chi connectivity index (χ2n) is 3.24. The Labute approximate surface area is 79.1 Å². The van der Waals surface area contributed by atoms with Gasteiger partial charge in [-0.1, -0.05) is 0 Å². The molecule has 13 heavy (non-hydrogen) atoms. The average Bonchev–Trinajstić information content (AvgIpc) is 2.41. The fourth-order valence-corrected chi connectivity index (χ4v) is 1.82. The Hall–Kier alpha value is -0.160. The first kappa shape index (κ1) is 10.9. The van der Waals surface area contributed by atoms with Gasteiger partial charge in [0, 0.05) is 21.3 Å². The molecule has 0 bridgehead atoms. The van der Waals surface area contributed by atoms with E-state index in [1.165, 1.54) is 0 Å². The summed E-state index contributed by atoms with van der Waals surface area (Å²) >= 11 is 0. The molecule has 0 amide bonds. The summed E-state index contributed by atoms with van der Waals surface area (Å²) in [6.45, 7) is 2.53. The molecule has 0 aromatic carbocycles. The number of hydrogen-bond donors (Lipinski definition) is 0. The number of hydrogen-bond acceptors (Lipinski definition) is 4. The van der Waals surface area contributed by atoms with Gasteiger partial charge in [0.2, 0.25) is 0 Å². The van der Waals surface area contributed by atoms with E-state index in [1.54, 1.807) is 21.3 Å². The molecule has 4 heteroatoms. The zero-order valence-electron chi connectivity index (χ0n) is 8.65. The van der Waals surface area contributed by atoms with E-state index in [2.05, 4.69) is 0 Å². The zero-order valence-corrected chi connectivity index (χ0v) is 8.65. The first-order valence-electron chi connectivity index (χ1n) is 4.44. The van der Waals surface area contributed by atoms with Crippen LogP contribution >= 0.6 is 0 Å². The van der Waals surface area contributed by atoms with Gasteiger partial charge in [-0.3, -0.25) is 0 Å². The van der Waals surface area contributed by atoms with E-state index in [0.29, 0.717) is 6.61 Å². The van der Waals surface area contributed by atoms with E-state index in [4.69, 9.17) is 18.9 Å². The van der Waals surface area contributed by atoms with Gasteiger partial charge < -0.3 is 18.9 Å². The molecule has 0 spiro atoms. The lowest BCUT2D eigenvalue weighted by Gasteiger charge is -2.20. The van der Waals surface area contributed by atoms with Gasteiger partial charge in [0.1, 0.15) is 18.3 Å². The van der Waals surface area contributed by atoms with Gasteiger partial charge in [-0.2, -0.15) is 0 Å². The molecule has 0 radical (unpaired) electrons. The van der Waals surface area contributed by atoms with Crippen molar-refractivity contribution in [3.63, 3.8) is 0 Å². The van der Waals surface area contributed by atoms with Crippen LogP contribution in [0.2, 0.25) is 0 Å². The van der Waals surface area contributed by atoms with Crippen molar-refractivity contribution in [1.82, 2.24) is 0 Å². The molecular formula is C9H18O4. The molecule has 0 N–H and O–H groups in total.